The lowest BCUT2D eigenvalue weighted by Gasteiger charge is -2.45. The first kappa shape index (κ1) is 20.7. The molecule has 7 heteroatoms. The number of nitrogens with zero attached hydrogens (tertiary/aromatic N) is 2. The Morgan fingerprint density at radius 1 is 1.16 bits per heavy atom. The third kappa shape index (κ3) is 3.37. The summed E-state index contributed by atoms with van der Waals surface area (Å²) in [5.41, 5.74) is 2.13. The van der Waals surface area contributed by atoms with Gasteiger partial charge in [0.1, 0.15) is 11.5 Å². The van der Waals surface area contributed by atoms with Crippen molar-refractivity contribution in [1.29, 1.82) is 0 Å². The minimum atomic E-state index is -0.384. The first-order valence-electron chi connectivity index (χ1n) is 11.0. The Kier molecular flexibility index (Phi) is 5.01. The molecule has 2 N–H and O–H groups in total. The summed E-state index contributed by atoms with van der Waals surface area (Å²) in [6.45, 7) is 3.30. The molecule has 0 aliphatic carbocycles. The van der Waals surface area contributed by atoms with Crippen LogP contribution in [-0.4, -0.2) is 46.5 Å². The minimum absolute atomic E-state index is 0.0404. The van der Waals surface area contributed by atoms with Gasteiger partial charge in [-0.05, 0) is 36.2 Å². The van der Waals surface area contributed by atoms with Gasteiger partial charge in [0.15, 0.2) is 0 Å². The molecule has 3 heterocycles. The van der Waals surface area contributed by atoms with Gasteiger partial charge in [-0.2, -0.15) is 0 Å². The van der Waals surface area contributed by atoms with Crippen LogP contribution in [0.3, 0.4) is 0 Å². The number of halogens is 1. The maximum Gasteiger partial charge on any atom is 0.270 e. The highest BCUT2D eigenvalue weighted by Crippen LogP contribution is 2.42. The number of benzene rings is 2. The lowest BCUT2D eigenvalue weighted by molar-refractivity contribution is -0.121. The average molecular weight is 435 g/mol. The van der Waals surface area contributed by atoms with Crippen LogP contribution in [-0.2, 0) is 11.8 Å². The summed E-state index contributed by atoms with van der Waals surface area (Å²) in [5, 5.41) is 7.52. The predicted octanol–water partition coefficient (Wildman–Crippen LogP) is 3.00. The highest BCUT2D eigenvalue weighted by Gasteiger charge is 2.52. The Labute approximate surface area is 186 Å². The maximum absolute atomic E-state index is 13.7. The molecule has 2 saturated heterocycles. The Morgan fingerprint density at radius 3 is 2.69 bits per heavy atom. The van der Waals surface area contributed by atoms with Crippen molar-refractivity contribution in [2.75, 3.05) is 19.6 Å². The molecule has 1 aromatic heterocycles. The number of piperidine rings is 1. The number of hydrogen-bond acceptors (Lipinski definition) is 3. The fraction of sp³-hybridized carbons (Fsp3) is 0.360. The van der Waals surface area contributed by atoms with Crippen LogP contribution in [0.5, 0.6) is 0 Å². The van der Waals surface area contributed by atoms with Crippen LogP contribution in [0.1, 0.15) is 35.4 Å². The number of carbonyl (C=O) groups excluding carboxylic acids is 2. The number of aryl methyl sites for hydroxylation is 1. The molecule has 32 heavy (non-hydrogen) atoms. The zero-order valence-corrected chi connectivity index (χ0v) is 18.3. The van der Waals surface area contributed by atoms with Gasteiger partial charge in [-0.3, -0.25) is 9.59 Å². The summed E-state index contributed by atoms with van der Waals surface area (Å²) >= 11 is 0. The molecule has 0 radical (unpaired) electrons. The van der Waals surface area contributed by atoms with Gasteiger partial charge in [0.05, 0.1) is 5.54 Å². The predicted molar refractivity (Wildman–Crippen MR) is 121 cm³/mol. The maximum atomic E-state index is 13.7. The molecule has 0 spiro atoms. The van der Waals surface area contributed by atoms with Crippen molar-refractivity contribution < 1.29 is 14.0 Å². The largest absolute Gasteiger partial charge is 0.349 e. The number of nitrogens with one attached hydrogen (secondary N) is 2. The highest BCUT2D eigenvalue weighted by molar-refractivity contribution is 5.98. The van der Waals surface area contributed by atoms with Crippen LogP contribution in [0, 0.1) is 11.7 Å². The van der Waals surface area contributed by atoms with Gasteiger partial charge >= 0.3 is 0 Å². The average Bonchev–Trinajstić information content (AvgIpc) is 3.30. The molecule has 3 atom stereocenters. The zero-order chi connectivity index (χ0) is 22.5. The van der Waals surface area contributed by atoms with Crippen molar-refractivity contribution in [1.82, 2.24) is 20.1 Å². The molecule has 2 aliphatic heterocycles. The molecular formula is C25H27FN4O2. The lowest BCUT2D eigenvalue weighted by atomic mass is 9.75. The smallest absolute Gasteiger partial charge is 0.270 e. The van der Waals surface area contributed by atoms with Crippen LogP contribution in [0.4, 0.5) is 4.39 Å². The number of rotatable bonds is 3. The van der Waals surface area contributed by atoms with Crippen molar-refractivity contribution >= 4 is 22.7 Å². The third-order valence-electron chi connectivity index (χ3n) is 7.09. The second kappa shape index (κ2) is 7.74. The molecule has 0 saturated carbocycles. The van der Waals surface area contributed by atoms with Crippen LogP contribution in [0.2, 0.25) is 0 Å². The van der Waals surface area contributed by atoms with E-state index in [0.29, 0.717) is 37.1 Å². The monoisotopic (exact) mass is 434 g/mol. The van der Waals surface area contributed by atoms with E-state index in [2.05, 4.69) is 22.8 Å². The Bertz CT molecular complexity index is 1190. The Balaban J connectivity index is 1.47. The van der Waals surface area contributed by atoms with E-state index in [1.807, 2.05) is 34.7 Å². The fourth-order valence-electron chi connectivity index (χ4n) is 5.53. The molecule has 166 valence electrons. The molecule has 6 nitrogen and oxygen atoms in total. The van der Waals surface area contributed by atoms with Crippen molar-refractivity contribution in [3.63, 3.8) is 0 Å². The molecule has 2 fully saturated rings. The van der Waals surface area contributed by atoms with Crippen molar-refractivity contribution in [2.45, 2.75) is 24.9 Å². The molecule has 3 aromatic rings. The van der Waals surface area contributed by atoms with Crippen LogP contribution in [0.25, 0.3) is 10.9 Å². The first-order valence-corrected chi connectivity index (χ1v) is 11.0. The first-order chi connectivity index (χ1) is 15.4. The van der Waals surface area contributed by atoms with Gasteiger partial charge < -0.3 is 20.1 Å². The van der Waals surface area contributed by atoms with E-state index >= 15 is 0 Å². The number of hydrogen-bond donors (Lipinski definition) is 2. The quantitative estimate of drug-likeness (QED) is 0.666. The van der Waals surface area contributed by atoms with E-state index in [4.69, 9.17) is 0 Å². The number of amides is 2. The Morgan fingerprint density at radius 2 is 1.94 bits per heavy atom. The third-order valence-corrected chi connectivity index (χ3v) is 7.09. The molecule has 2 aromatic carbocycles. The van der Waals surface area contributed by atoms with E-state index in [0.717, 1.165) is 11.1 Å². The van der Waals surface area contributed by atoms with Gasteiger partial charge in [-0.1, -0.05) is 30.3 Å². The number of likely N-dealkylation sites (tertiary alicyclic amines) is 1. The van der Waals surface area contributed by atoms with E-state index < -0.39 is 0 Å². The van der Waals surface area contributed by atoms with Gasteiger partial charge in [0.25, 0.3) is 5.91 Å². The number of carbonyl (C=O) groups is 2. The minimum Gasteiger partial charge on any atom is -0.349 e. The summed E-state index contributed by atoms with van der Waals surface area (Å²) in [5.74, 6) is -0.401. The second-order valence-corrected chi connectivity index (χ2v) is 9.01. The highest BCUT2D eigenvalue weighted by atomic mass is 19.1. The van der Waals surface area contributed by atoms with Gasteiger partial charge in [0, 0.05) is 56.5 Å². The van der Waals surface area contributed by atoms with Crippen LogP contribution < -0.4 is 10.6 Å². The summed E-state index contributed by atoms with van der Waals surface area (Å²) in [6, 6.07) is 16.5. The van der Waals surface area contributed by atoms with E-state index in [1.165, 1.54) is 12.1 Å². The van der Waals surface area contributed by atoms with Gasteiger partial charge in [-0.25, -0.2) is 4.39 Å². The van der Waals surface area contributed by atoms with Crippen molar-refractivity contribution in [2.24, 2.45) is 13.0 Å². The van der Waals surface area contributed by atoms with E-state index in [-0.39, 0.29) is 35.1 Å². The molecule has 2 aliphatic rings. The number of aromatic nitrogens is 1. The lowest BCUT2D eigenvalue weighted by Crippen LogP contribution is -2.61. The van der Waals surface area contributed by atoms with Gasteiger partial charge in [0.2, 0.25) is 5.91 Å². The van der Waals surface area contributed by atoms with Crippen molar-refractivity contribution in [3.8, 4) is 0 Å². The molecule has 0 bridgehead atoms. The van der Waals surface area contributed by atoms with Crippen LogP contribution >= 0.6 is 0 Å². The zero-order valence-electron chi connectivity index (χ0n) is 18.3. The SMILES string of the molecule is CC(=O)N[C@@]12CCN(C(=O)c3cc4cc(F)ccc4n3C)C[C@@H]1[C@@H](c1ccccc1)NC2. The fourth-order valence-corrected chi connectivity index (χ4v) is 5.53. The molecular weight excluding hydrogens is 407 g/mol. The van der Waals surface area contributed by atoms with Crippen molar-refractivity contribution in [3.05, 3.63) is 71.7 Å². The second-order valence-electron chi connectivity index (χ2n) is 9.01. The normalized spacial score (nSPS) is 25.0. The molecule has 5 rings (SSSR count). The summed E-state index contributed by atoms with van der Waals surface area (Å²) in [4.78, 5) is 27.5. The Hall–Kier alpha value is -3.19. The van der Waals surface area contributed by atoms with Crippen LogP contribution in [0.15, 0.2) is 54.6 Å². The molecule has 2 amide bonds. The van der Waals surface area contributed by atoms with Gasteiger partial charge in [-0.15, -0.1) is 0 Å². The molecule has 0 unspecified atom stereocenters. The standard InChI is InChI=1S/C25H27FN4O2/c1-16(31)28-25-10-11-30(14-20(25)23(27-15-25)17-6-4-3-5-7-17)24(32)22-13-18-12-19(26)8-9-21(18)29(22)2/h3-9,12-13,20,23,27H,10-11,14-15H2,1-2H3,(H,28,31)/t20-,23-,25-/m1/s1. The summed E-state index contributed by atoms with van der Waals surface area (Å²) in [6.07, 6.45) is 0.678. The number of fused-ring (bicyclic) bond motifs is 2. The summed E-state index contributed by atoms with van der Waals surface area (Å²) < 4.78 is 15.5. The topological polar surface area (TPSA) is 66.4 Å². The van der Waals surface area contributed by atoms with E-state index in [9.17, 15) is 14.0 Å². The van der Waals surface area contributed by atoms with E-state index in [1.54, 1.807) is 19.1 Å². The summed E-state index contributed by atoms with van der Waals surface area (Å²) in [7, 11) is 1.84.